The van der Waals surface area contributed by atoms with Crippen molar-refractivity contribution in [1.82, 2.24) is 10.1 Å². The van der Waals surface area contributed by atoms with Crippen LogP contribution in [-0.2, 0) is 0 Å². The van der Waals surface area contributed by atoms with E-state index in [4.69, 9.17) is 0 Å². The van der Waals surface area contributed by atoms with Crippen molar-refractivity contribution in [2.75, 3.05) is 0 Å². The van der Waals surface area contributed by atoms with Gasteiger partial charge in [-0.25, -0.2) is 4.79 Å². The molecule has 4 heteroatoms. The molecular weight excluding hydrogens is 144 g/mol. The van der Waals surface area contributed by atoms with Crippen molar-refractivity contribution in [2.45, 2.75) is 26.7 Å². The molecule has 0 radical (unpaired) electrons. The monoisotopic (exact) mass is 156 g/mol. The van der Waals surface area contributed by atoms with Gasteiger partial charge in [-0.3, -0.25) is 9.51 Å². The third-order valence-corrected chi connectivity index (χ3v) is 1.89. The molecular formula is C7H12N2O2. The maximum Gasteiger partial charge on any atom is 0.438 e. The molecule has 0 aliphatic carbocycles. The van der Waals surface area contributed by atoms with E-state index in [1.165, 1.54) is 0 Å². The summed E-state index contributed by atoms with van der Waals surface area (Å²) in [6.45, 7) is 6.13. The molecule has 0 spiro atoms. The van der Waals surface area contributed by atoms with Gasteiger partial charge in [0.05, 0.1) is 0 Å². The summed E-state index contributed by atoms with van der Waals surface area (Å²) in [6, 6.07) is 0. The van der Waals surface area contributed by atoms with Crippen LogP contribution < -0.4 is 5.76 Å². The topological polar surface area (TPSA) is 58.9 Å². The minimum Gasteiger partial charge on any atom is -0.296 e. The van der Waals surface area contributed by atoms with E-state index in [2.05, 4.69) is 28.5 Å². The van der Waals surface area contributed by atoms with Gasteiger partial charge in [-0.1, -0.05) is 25.9 Å². The standard InChI is InChI=1S/C7H12N2O2/c1-4(2)5(3)6-8-7(10)11-9-6/h4-5H,1-3H3,(H,8,9,10)/t5-/m1/s1. The fourth-order valence-electron chi connectivity index (χ4n) is 0.754. The number of hydrogen-bond donors (Lipinski definition) is 1. The lowest BCUT2D eigenvalue weighted by molar-refractivity contribution is 0.371. The maximum atomic E-state index is 10.5. The summed E-state index contributed by atoms with van der Waals surface area (Å²) in [6.07, 6.45) is 0. The maximum absolute atomic E-state index is 10.5. The van der Waals surface area contributed by atoms with Gasteiger partial charge in [-0.05, 0) is 5.92 Å². The van der Waals surface area contributed by atoms with Crippen molar-refractivity contribution in [2.24, 2.45) is 5.92 Å². The Labute approximate surface area is 64.6 Å². The number of H-pyrrole nitrogens is 1. The third-order valence-electron chi connectivity index (χ3n) is 1.89. The highest BCUT2D eigenvalue weighted by molar-refractivity contribution is 4.90. The van der Waals surface area contributed by atoms with Gasteiger partial charge in [0, 0.05) is 5.92 Å². The average molecular weight is 156 g/mol. The second-order valence-corrected chi connectivity index (χ2v) is 3.01. The van der Waals surface area contributed by atoms with Crippen LogP contribution in [0, 0.1) is 5.92 Å². The van der Waals surface area contributed by atoms with Gasteiger partial charge in [0.1, 0.15) is 0 Å². The lowest BCUT2D eigenvalue weighted by atomic mass is 9.98. The second kappa shape index (κ2) is 2.90. The SMILES string of the molecule is CC(C)[C@@H](C)c1noc(=O)[nH]1. The third kappa shape index (κ3) is 1.69. The zero-order valence-corrected chi connectivity index (χ0v) is 6.92. The number of rotatable bonds is 2. The lowest BCUT2D eigenvalue weighted by Gasteiger charge is -2.09. The molecule has 0 fully saturated rings. The first-order valence-electron chi connectivity index (χ1n) is 3.67. The summed E-state index contributed by atoms with van der Waals surface area (Å²) >= 11 is 0. The van der Waals surface area contributed by atoms with Crippen molar-refractivity contribution in [3.8, 4) is 0 Å². The summed E-state index contributed by atoms with van der Waals surface area (Å²) in [5.41, 5.74) is 0. The molecule has 0 saturated carbocycles. The predicted molar refractivity (Wildman–Crippen MR) is 40.4 cm³/mol. The molecule has 1 aromatic rings. The Morgan fingerprint density at radius 2 is 2.09 bits per heavy atom. The van der Waals surface area contributed by atoms with Crippen LogP contribution >= 0.6 is 0 Å². The van der Waals surface area contributed by atoms with E-state index in [1.807, 2.05) is 6.92 Å². The fraction of sp³-hybridized carbons (Fsp3) is 0.714. The number of aromatic amines is 1. The molecule has 1 N–H and O–H groups in total. The average Bonchev–Trinajstić information content (AvgIpc) is 2.34. The summed E-state index contributed by atoms with van der Waals surface area (Å²) < 4.78 is 4.37. The molecule has 4 nitrogen and oxygen atoms in total. The molecule has 1 aromatic heterocycles. The van der Waals surface area contributed by atoms with Crippen LogP contribution in [0.1, 0.15) is 32.5 Å². The molecule has 0 bridgehead atoms. The summed E-state index contributed by atoms with van der Waals surface area (Å²) in [5.74, 6) is 0.842. The van der Waals surface area contributed by atoms with E-state index < -0.39 is 5.76 Å². The van der Waals surface area contributed by atoms with E-state index in [9.17, 15) is 4.79 Å². The first-order chi connectivity index (χ1) is 5.11. The molecule has 1 heterocycles. The highest BCUT2D eigenvalue weighted by atomic mass is 16.5. The highest BCUT2D eigenvalue weighted by Crippen LogP contribution is 2.18. The number of nitrogens with one attached hydrogen (secondary N) is 1. The van der Waals surface area contributed by atoms with Crippen LogP contribution in [0.5, 0.6) is 0 Å². The van der Waals surface area contributed by atoms with Crippen LogP contribution in [0.2, 0.25) is 0 Å². The van der Waals surface area contributed by atoms with Crippen LogP contribution in [-0.4, -0.2) is 10.1 Å². The van der Waals surface area contributed by atoms with Gasteiger partial charge in [0.25, 0.3) is 0 Å². The zero-order chi connectivity index (χ0) is 8.43. The number of nitrogens with zero attached hydrogens (tertiary/aromatic N) is 1. The van der Waals surface area contributed by atoms with Gasteiger partial charge < -0.3 is 0 Å². The molecule has 11 heavy (non-hydrogen) atoms. The van der Waals surface area contributed by atoms with Crippen LogP contribution in [0.4, 0.5) is 0 Å². The van der Waals surface area contributed by atoms with Crippen LogP contribution in [0.25, 0.3) is 0 Å². The highest BCUT2D eigenvalue weighted by Gasteiger charge is 2.13. The Morgan fingerprint density at radius 1 is 1.45 bits per heavy atom. The molecule has 0 amide bonds. The summed E-state index contributed by atoms with van der Waals surface area (Å²) in [4.78, 5) is 13.1. The normalized spacial score (nSPS) is 13.8. The zero-order valence-electron chi connectivity index (χ0n) is 6.92. The van der Waals surface area contributed by atoms with Crippen LogP contribution in [0.15, 0.2) is 9.32 Å². The molecule has 0 aliphatic heterocycles. The summed E-state index contributed by atoms with van der Waals surface area (Å²) in [7, 11) is 0. The van der Waals surface area contributed by atoms with Gasteiger partial charge in [-0.15, -0.1) is 0 Å². The van der Waals surface area contributed by atoms with Crippen molar-refractivity contribution < 1.29 is 4.52 Å². The Bertz CT molecular complexity index is 274. The molecule has 0 saturated heterocycles. The van der Waals surface area contributed by atoms with E-state index in [-0.39, 0.29) is 5.92 Å². The quantitative estimate of drug-likeness (QED) is 0.698. The largest absolute Gasteiger partial charge is 0.438 e. The Kier molecular flexibility index (Phi) is 2.12. The van der Waals surface area contributed by atoms with Crippen molar-refractivity contribution in [3.63, 3.8) is 0 Å². The number of hydrogen-bond acceptors (Lipinski definition) is 3. The second-order valence-electron chi connectivity index (χ2n) is 3.01. The molecule has 1 atom stereocenters. The molecule has 1 rings (SSSR count). The Morgan fingerprint density at radius 3 is 2.45 bits per heavy atom. The van der Waals surface area contributed by atoms with E-state index in [0.29, 0.717) is 11.7 Å². The van der Waals surface area contributed by atoms with Gasteiger partial charge in [-0.2, -0.15) is 0 Å². The van der Waals surface area contributed by atoms with E-state index in [0.717, 1.165) is 0 Å². The van der Waals surface area contributed by atoms with Crippen molar-refractivity contribution in [1.29, 1.82) is 0 Å². The first-order valence-corrected chi connectivity index (χ1v) is 3.67. The minimum atomic E-state index is -0.479. The lowest BCUT2D eigenvalue weighted by Crippen LogP contribution is -2.06. The minimum absolute atomic E-state index is 0.237. The summed E-state index contributed by atoms with van der Waals surface area (Å²) in [5, 5.41) is 3.59. The molecule has 0 aromatic carbocycles. The Hall–Kier alpha value is -1.06. The number of aromatic nitrogens is 2. The van der Waals surface area contributed by atoms with Crippen molar-refractivity contribution >= 4 is 0 Å². The molecule has 0 aliphatic rings. The van der Waals surface area contributed by atoms with E-state index >= 15 is 0 Å². The molecule has 0 unspecified atom stereocenters. The van der Waals surface area contributed by atoms with Gasteiger partial charge in [0.2, 0.25) is 0 Å². The van der Waals surface area contributed by atoms with Gasteiger partial charge >= 0.3 is 5.76 Å². The van der Waals surface area contributed by atoms with Crippen molar-refractivity contribution in [3.05, 3.63) is 16.4 Å². The van der Waals surface area contributed by atoms with E-state index in [1.54, 1.807) is 0 Å². The molecule has 62 valence electrons. The van der Waals surface area contributed by atoms with Crippen LogP contribution in [0.3, 0.4) is 0 Å². The fourth-order valence-corrected chi connectivity index (χ4v) is 0.754. The first kappa shape index (κ1) is 8.04. The smallest absolute Gasteiger partial charge is 0.296 e. The Balaban J connectivity index is 2.84. The van der Waals surface area contributed by atoms with Gasteiger partial charge in [0.15, 0.2) is 5.82 Å². The predicted octanol–water partition coefficient (Wildman–Crippen LogP) is 1.12.